The van der Waals surface area contributed by atoms with E-state index in [9.17, 15) is 9.50 Å². The second kappa shape index (κ2) is 6.49. The van der Waals surface area contributed by atoms with Gasteiger partial charge in [0.15, 0.2) is 0 Å². The van der Waals surface area contributed by atoms with E-state index >= 15 is 0 Å². The number of aliphatic hydroxyl groups excluding tert-OH is 1. The molecule has 3 atom stereocenters. The van der Waals surface area contributed by atoms with E-state index in [0.717, 1.165) is 5.56 Å². The van der Waals surface area contributed by atoms with Crippen molar-refractivity contribution < 1.29 is 9.50 Å². The minimum atomic E-state index is -0.562. The molecule has 2 N–H and O–H groups in total. The second-order valence-corrected chi connectivity index (χ2v) is 5.80. The molecular weight excluding hydrogens is 241 g/mol. The van der Waals surface area contributed by atoms with Gasteiger partial charge in [-0.3, -0.25) is 0 Å². The predicted octanol–water partition coefficient (Wildman–Crippen LogP) is 3.34. The van der Waals surface area contributed by atoms with Crippen molar-refractivity contribution in [2.45, 2.75) is 51.7 Å². The standard InChI is InChI=1S/C16H24FNO/c1-11-5-3-4-6-15(11)18-10-16(19)13-7-8-14(17)12(2)9-13/h7-9,11,15-16,18-19H,3-6,10H2,1-2H3. The zero-order valence-corrected chi connectivity index (χ0v) is 11.8. The van der Waals surface area contributed by atoms with Crippen molar-refractivity contribution in [3.8, 4) is 0 Å². The minimum absolute atomic E-state index is 0.218. The largest absolute Gasteiger partial charge is 0.387 e. The van der Waals surface area contributed by atoms with Gasteiger partial charge in [0.25, 0.3) is 0 Å². The van der Waals surface area contributed by atoms with Crippen LogP contribution in [0.1, 0.15) is 49.8 Å². The third kappa shape index (κ3) is 3.77. The molecule has 1 aliphatic rings. The van der Waals surface area contributed by atoms with Crippen molar-refractivity contribution >= 4 is 0 Å². The summed E-state index contributed by atoms with van der Waals surface area (Å²) in [5.41, 5.74) is 1.37. The topological polar surface area (TPSA) is 32.3 Å². The van der Waals surface area contributed by atoms with Gasteiger partial charge in [-0.05, 0) is 42.9 Å². The molecule has 3 unspecified atom stereocenters. The van der Waals surface area contributed by atoms with E-state index in [1.165, 1.54) is 31.7 Å². The Kier molecular flexibility index (Phi) is 4.94. The molecule has 1 aliphatic carbocycles. The lowest BCUT2D eigenvalue weighted by Gasteiger charge is -2.30. The van der Waals surface area contributed by atoms with Crippen molar-refractivity contribution in [3.05, 3.63) is 35.1 Å². The zero-order chi connectivity index (χ0) is 13.8. The van der Waals surface area contributed by atoms with Crippen LogP contribution in [0.2, 0.25) is 0 Å². The maximum absolute atomic E-state index is 13.2. The van der Waals surface area contributed by atoms with Crippen molar-refractivity contribution in [2.24, 2.45) is 5.92 Å². The first kappa shape index (κ1) is 14.5. The van der Waals surface area contributed by atoms with Gasteiger partial charge in [0.1, 0.15) is 5.82 Å². The highest BCUT2D eigenvalue weighted by atomic mass is 19.1. The molecule has 2 nitrogen and oxygen atoms in total. The average Bonchev–Trinajstić information content (AvgIpc) is 2.40. The Bertz CT molecular complexity index is 421. The van der Waals surface area contributed by atoms with E-state index in [1.54, 1.807) is 19.1 Å². The summed E-state index contributed by atoms with van der Waals surface area (Å²) in [4.78, 5) is 0. The Morgan fingerprint density at radius 2 is 2.11 bits per heavy atom. The summed E-state index contributed by atoms with van der Waals surface area (Å²) in [7, 11) is 0. The van der Waals surface area contributed by atoms with Gasteiger partial charge in [-0.2, -0.15) is 0 Å². The molecule has 106 valence electrons. The van der Waals surface area contributed by atoms with Crippen molar-refractivity contribution in [1.82, 2.24) is 5.32 Å². The first-order chi connectivity index (χ1) is 9.08. The number of hydrogen-bond donors (Lipinski definition) is 2. The molecule has 0 aromatic heterocycles. The van der Waals surface area contributed by atoms with E-state index < -0.39 is 6.10 Å². The Balaban J connectivity index is 1.89. The van der Waals surface area contributed by atoms with Gasteiger partial charge >= 0.3 is 0 Å². The Morgan fingerprint density at radius 1 is 1.37 bits per heavy atom. The first-order valence-electron chi connectivity index (χ1n) is 7.25. The monoisotopic (exact) mass is 265 g/mol. The molecule has 0 bridgehead atoms. The number of nitrogens with one attached hydrogen (secondary N) is 1. The van der Waals surface area contributed by atoms with Crippen molar-refractivity contribution in [1.29, 1.82) is 0 Å². The van der Waals surface area contributed by atoms with Gasteiger partial charge in [-0.25, -0.2) is 4.39 Å². The quantitative estimate of drug-likeness (QED) is 0.875. The fourth-order valence-electron chi connectivity index (χ4n) is 2.88. The van der Waals surface area contributed by atoms with Gasteiger partial charge in [-0.15, -0.1) is 0 Å². The SMILES string of the molecule is Cc1cc(C(O)CNC2CCCCC2C)ccc1F. The van der Waals surface area contributed by atoms with Gasteiger partial charge in [0, 0.05) is 12.6 Å². The zero-order valence-electron chi connectivity index (χ0n) is 11.8. The van der Waals surface area contributed by atoms with Crippen LogP contribution in [-0.4, -0.2) is 17.7 Å². The maximum Gasteiger partial charge on any atom is 0.126 e. The lowest BCUT2D eigenvalue weighted by Crippen LogP contribution is -2.39. The number of aliphatic hydroxyl groups is 1. The smallest absolute Gasteiger partial charge is 0.126 e. The minimum Gasteiger partial charge on any atom is -0.387 e. The molecule has 0 aliphatic heterocycles. The molecule has 1 fully saturated rings. The molecule has 1 aromatic carbocycles. The van der Waals surface area contributed by atoms with E-state index in [0.29, 0.717) is 24.1 Å². The van der Waals surface area contributed by atoms with Gasteiger partial charge in [0.2, 0.25) is 0 Å². The Labute approximate surface area is 115 Å². The Hall–Kier alpha value is -0.930. The molecular formula is C16H24FNO. The van der Waals surface area contributed by atoms with Crippen LogP contribution in [0.5, 0.6) is 0 Å². The molecule has 19 heavy (non-hydrogen) atoms. The van der Waals surface area contributed by atoms with Crippen molar-refractivity contribution in [2.75, 3.05) is 6.54 Å². The highest BCUT2D eigenvalue weighted by Gasteiger charge is 2.21. The van der Waals surface area contributed by atoms with E-state index in [-0.39, 0.29) is 5.82 Å². The maximum atomic E-state index is 13.2. The summed E-state index contributed by atoms with van der Waals surface area (Å²) >= 11 is 0. The summed E-state index contributed by atoms with van der Waals surface area (Å²) in [6, 6.07) is 5.33. The lowest BCUT2D eigenvalue weighted by molar-refractivity contribution is 0.157. The van der Waals surface area contributed by atoms with Crippen LogP contribution in [0.3, 0.4) is 0 Å². The first-order valence-corrected chi connectivity index (χ1v) is 7.25. The summed E-state index contributed by atoms with van der Waals surface area (Å²) in [6.07, 6.45) is 4.49. The Morgan fingerprint density at radius 3 is 2.79 bits per heavy atom. The molecule has 3 heteroatoms. The highest BCUT2D eigenvalue weighted by Crippen LogP contribution is 2.24. The predicted molar refractivity (Wildman–Crippen MR) is 75.5 cm³/mol. The third-order valence-corrected chi connectivity index (χ3v) is 4.25. The number of hydrogen-bond acceptors (Lipinski definition) is 2. The third-order valence-electron chi connectivity index (χ3n) is 4.25. The molecule has 0 amide bonds. The van der Waals surface area contributed by atoms with Crippen LogP contribution >= 0.6 is 0 Å². The number of rotatable bonds is 4. The molecule has 2 rings (SSSR count). The van der Waals surface area contributed by atoms with Crippen LogP contribution in [0.4, 0.5) is 4.39 Å². The van der Waals surface area contributed by atoms with Gasteiger partial charge in [-0.1, -0.05) is 31.9 Å². The number of aryl methyl sites for hydroxylation is 1. The van der Waals surface area contributed by atoms with E-state index in [2.05, 4.69) is 12.2 Å². The summed E-state index contributed by atoms with van der Waals surface area (Å²) in [5.74, 6) is 0.459. The molecule has 0 spiro atoms. The molecule has 1 saturated carbocycles. The normalized spacial score (nSPS) is 25.3. The molecule has 0 radical (unpaired) electrons. The van der Waals surface area contributed by atoms with E-state index in [4.69, 9.17) is 0 Å². The fourth-order valence-corrected chi connectivity index (χ4v) is 2.88. The second-order valence-electron chi connectivity index (χ2n) is 5.80. The van der Waals surface area contributed by atoms with Gasteiger partial charge < -0.3 is 10.4 Å². The average molecular weight is 265 g/mol. The van der Waals surface area contributed by atoms with Crippen LogP contribution in [0, 0.1) is 18.7 Å². The highest BCUT2D eigenvalue weighted by molar-refractivity contribution is 5.25. The van der Waals surface area contributed by atoms with Gasteiger partial charge in [0.05, 0.1) is 6.10 Å². The number of benzene rings is 1. The van der Waals surface area contributed by atoms with E-state index in [1.807, 2.05) is 0 Å². The van der Waals surface area contributed by atoms with Crippen LogP contribution in [-0.2, 0) is 0 Å². The van der Waals surface area contributed by atoms with Crippen LogP contribution in [0.15, 0.2) is 18.2 Å². The lowest BCUT2D eigenvalue weighted by atomic mass is 9.86. The molecule has 1 aromatic rings. The summed E-state index contributed by atoms with van der Waals surface area (Å²) in [6.45, 7) is 4.54. The van der Waals surface area contributed by atoms with Crippen molar-refractivity contribution in [3.63, 3.8) is 0 Å². The van der Waals surface area contributed by atoms with Crippen LogP contribution in [0.25, 0.3) is 0 Å². The summed E-state index contributed by atoms with van der Waals surface area (Å²) < 4.78 is 13.2. The molecule has 0 heterocycles. The number of halogens is 1. The van der Waals surface area contributed by atoms with Crippen LogP contribution < -0.4 is 5.32 Å². The fraction of sp³-hybridized carbons (Fsp3) is 0.625. The molecule has 0 saturated heterocycles. The summed E-state index contributed by atoms with van der Waals surface area (Å²) in [5, 5.41) is 13.6.